The van der Waals surface area contributed by atoms with Crippen LogP contribution in [0.4, 0.5) is 4.39 Å². The third-order valence-corrected chi connectivity index (χ3v) is 1.82. The van der Waals surface area contributed by atoms with Gasteiger partial charge in [-0.3, -0.25) is 0 Å². The van der Waals surface area contributed by atoms with Crippen molar-refractivity contribution in [3.05, 3.63) is 0 Å². The van der Waals surface area contributed by atoms with Gasteiger partial charge in [-0.1, -0.05) is 6.92 Å². The smallest absolute Gasteiger partial charge is 0.116 e. The molecule has 0 saturated heterocycles. The molecule has 3 unspecified atom stereocenters. The highest BCUT2D eigenvalue weighted by Gasteiger charge is 2.38. The van der Waals surface area contributed by atoms with E-state index in [2.05, 4.69) is 0 Å². The zero-order chi connectivity index (χ0) is 6.15. The van der Waals surface area contributed by atoms with Gasteiger partial charge in [-0.15, -0.1) is 0 Å². The summed E-state index contributed by atoms with van der Waals surface area (Å²) in [6.07, 6.45) is 0.329. The molecule has 0 aromatic rings. The first-order chi connectivity index (χ1) is 3.75. The number of hydrogen-bond donors (Lipinski definition) is 1. The predicted molar refractivity (Wildman–Crippen MR) is 29.3 cm³/mol. The molecule has 0 bridgehead atoms. The fraction of sp³-hybridized carbons (Fsp3) is 1.00. The van der Waals surface area contributed by atoms with Crippen molar-refractivity contribution in [1.82, 2.24) is 0 Å². The van der Waals surface area contributed by atoms with Crippen LogP contribution in [0.2, 0.25) is 0 Å². The largest absolute Gasteiger partial charge is 0.390 e. The van der Waals surface area contributed by atoms with E-state index in [1.165, 1.54) is 0 Å². The highest BCUT2D eigenvalue weighted by Crippen LogP contribution is 2.40. The quantitative estimate of drug-likeness (QED) is 0.573. The highest BCUT2D eigenvalue weighted by atomic mass is 19.1. The second-order valence-corrected chi connectivity index (χ2v) is 2.60. The van der Waals surface area contributed by atoms with Gasteiger partial charge in [0.2, 0.25) is 0 Å². The van der Waals surface area contributed by atoms with Crippen LogP contribution in [-0.2, 0) is 0 Å². The maximum absolute atomic E-state index is 11.6. The summed E-state index contributed by atoms with van der Waals surface area (Å²) >= 11 is 0. The molecule has 0 heterocycles. The molecule has 1 fully saturated rings. The zero-order valence-corrected chi connectivity index (χ0v) is 4.97. The van der Waals surface area contributed by atoms with Gasteiger partial charge in [-0.25, -0.2) is 4.39 Å². The van der Waals surface area contributed by atoms with Crippen LogP contribution in [0.15, 0.2) is 0 Å². The predicted octanol–water partition coefficient (Wildman–Crippen LogP) is 0.973. The molecule has 1 nitrogen and oxygen atoms in total. The third-order valence-electron chi connectivity index (χ3n) is 1.82. The average Bonchev–Trinajstić information content (AvgIpc) is 2.45. The molecule has 0 aromatic heterocycles. The van der Waals surface area contributed by atoms with E-state index in [-0.39, 0.29) is 5.92 Å². The lowest BCUT2D eigenvalue weighted by Crippen LogP contribution is -2.11. The number of rotatable bonds is 2. The van der Waals surface area contributed by atoms with E-state index in [9.17, 15) is 4.39 Å². The molecule has 0 radical (unpaired) electrons. The van der Waals surface area contributed by atoms with Crippen LogP contribution < -0.4 is 0 Å². The van der Waals surface area contributed by atoms with Gasteiger partial charge in [0.15, 0.2) is 0 Å². The van der Waals surface area contributed by atoms with E-state index in [4.69, 9.17) is 5.11 Å². The van der Waals surface area contributed by atoms with Crippen LogP contribution in [0.25, 0.3) is 0 Å². The number of hydrogen-bond acceptors (Lipinski definition) is 1. The van der Waals surface area contributed by atoms with E-state index < -0.39 is 12.8 Å². The Labute approximate surface area is 48.5 Å². The van der Waals surface area contributed by atoms with Crippen LogP contribution in [0.1, 0.15) is 13.3 Å². The van der Waals surface area contributed by atoms with E-state index in [1.807, 2.05) is 6.92 Å². The molecule has 1 N–H and O–H groups in total. The Bertz CT molecular complexity index is 82.6. The van der Waals surface area contributed by atoms with Crippen molar-refractivity contribution in [3.8, 4) is 0 Å². The fourth-order valence-corrected chi connectivity index (χ4v) is 1.00. The Morgan fingerprint density at radius 3 is 2.50 bits per heavy atom. The molecule has 1 aliphatic carbocycles. The minimum atomic E-state index is -0.676. The zero-order valence-electron chi connectivity index (χ0n) is 4.97. The Morgan fingerprint density at radius 2 is 2.38 bits per heavy atom. The Morgan fingerprint density at radius 1 is 1.88 bits per heavy atom. The summed E-state index contributed by atoms with van der Waals surface area (Å²) in [6.45, 7) is 1.46. The van der Waals surface area contributed by atoms with Crippen molar-refractivity contribution in [2.24, 2.45) is 11.8 Å². The molecule has 0 aliphatic heterocycles. The molecular weight excluding hydrogens is 107 g/mol. The second-order valence-electron chi connectivity index (χ2n) is 2.60. The topological polar surface area (TPSA) is 20.2 Å². The summed E-state index contributed by atoms with van der Waals surface area (Å²) < 4.78 is 11.6. The lowest BCUT2D eigenvalue weighted by molar-refractivity contribution is 0.114. The summed E-state index contributed by atoms with van der Waals surface area (Å²) in [6, 6.07) is 0. The minimum Gasteiger partial charge on any atom is -0.390 e. The van der Waals surface area contributed by atoms with Gasteiger partial charge in [0, 0.05) is 0 Å². The molecule has 0 aromatic carbocycles. The van der Waals surface area contributed by atoms with Gasteiger partial charge in [0.1, 0.15) is 6.67 Å². The van der Waals surface area contributed by atoms with Crippen molar-refractivity contribution in [2.75, 3.05) is 6.67 Å². The second kappa shape index (κ2) is 2.02. The SMILES string of the molecule is CC1CC1C(O)CF. The van der Waals surface area contributed by atoms with Crippen LogP contribution in [0.5, 0.6) is 0 Å². The first-order valence-corrected chi connectivity index (χ1v) is 2.99. The van der Waals surface area contributed by atoms with Gasteiger partial charge >= 0.3 is 0 Å². The van der Waals surface area contributed by atoms with Crippen molar-refractivity contribution in [2.45, 2.75) is 19.4 Å². The first kappa shape index (κ1) is 6.02. The van der Waals surface area contributed by atoms with Gasteiger partial charge in [-0.05, 0) is 18.3 Å². The maximum Gasteiger partial charge on any atom is 0.116 e. The molecule has 2 heteroatoms. The number of alkyl halides is 1. The molecule has 1 saturated carbocycles. The van der Waals surface area contributed by atoms with Crippen molar-refractivity contribution >= 4 is 0 Å². The monoisotopic (exact) mass is 118 g/mol. The minimum absolute atomic E-state index is 0.264. The molecular formula is C6H11FO. The lowest BCUT2D eigenvalue weighted by Gasteiger charge is -2.00. The molecule has 1 rings (SSSR count). The first-order valence-electron chi connectivity index (χ1n) is 2.99. The number of halogens is 1. The van der Waals surface area contributed by atoms with Crippen LogP contribution >= 0.6 is 0 Å². The van der Waals surface area contributed by atoms with Gasteiger partial charge < -0.3 is 5.11 Å². The normalized spacial score (nSPS) is 39.4. The molecule has 3 atom stereocenters. The fourth-order valence-electron chi connectivity index (χ4n) is 1.00. The average molecular weight is 118 g/mol. The van der Waals surface area contributed by atoms with Crippen molar-refractivity contribution < 1.29 is 9.50 Å². The molecule has 1 aliphatic rings. The van der Waals surface area contributed by atoms with Gasteiger partial charge in [0.25, 0.3) is 0 Å². The summed E-state index contributed by atoms with van der Waals surface area (Å²) in [5.41, 5.74) is 0. The number of aliphatic hydroxyl groups is 1. The summed E-state index contributed by atoms with van der Waals surface area (Å²) in [5, 5.41) is 8.79. The third kappa shape index (κ3) is 0.996. The standard InChI is InChI=1S/C6H11FO/c1-4-2-5(4)6(8)3-7/h4-6,8H,2-3H2,1H3. The Balaban J connectivity index is 2.18. The van der Waals surface area contributed by atoms with Crippen molar-refractivity contribution in [3.63, 3.8) is 0 Å². The molecule has 0 spiro atoms. The van der Waals surface area contributed by atoms with Crippen molar-refractivity contribution in [1.29, 1.82) is 0 Å². The van der Waals surface area contributed by atoms with E-state index >= 15 is 0 Å². The summed E-state index contributed by atoms with van der Waals surface area (Å²) in [4.78, 5) is 0. The number of aliphatic hydroxyl groups excluding tert-OH is 1. The Kier molecular flexibility index (Phi) is 1.52. The molecule has 0 amide bonds. The van der Waals surface area contributed by atoms with Crippen LogP contribution in [0.3, 0.4) is 0 Å². The van der Waals surface area contributed by atoms with Crippen LogP contribution in [-0.4, -0.2) is 17.9 Å². The molecule has 48 valence electrons. The summed E-state index contributed by atoms with van der Waals surface area (Å²) in [5.74, 6) is 0.820. The van der Waals surface area contributed by atoms with Crippen LogP contribution in [0, 0.1) is 11.8 Å². The highest BCUT2D eigenvalue weighted by molar-refractivity contribution is 4.87. The van der Waals surface area contributed by atoms with Gasteiger partial charge in [0.05, 0.1) is 6.10 Å². The van der Waals surface area contributed by atoms with E-state index in [1.54, 1.807) is 0 Å². The maximum atomic E-state index is 11.6. The van der Waals surface area contributed by atoms with E-state index in [0.717, 1.165) is 6.42 Å². The summed E-state index contributed by atoms with van der Waals surface area (Å²) in [7, 11) is 0. The molecule has 8 heavy (non-hydrogen) atoms. The van der Waals surface area contributed by atoms with E-state index in [0.29, 0.717) is 5.92 Å². The van der Waals surface area contributed by atoms with Gasteiger partial charge in [-0.2, -0.15) is 0 Å². The lowest BCUT2D eigenvalue weighted by atomic mass is 10.2. The Hall–Kier alpha value is -0.110.